The zero-order chi connectivity index (χ0) is 54.0. The van der Waals surface area contributed by atoms with Gasteiger partial charge in [-0.25, -0.2) is 4.79 Å². The highest BCUT2D eigenvalue weighted by Gasteiger charge is 2.46. The first-order chi connectivity index (χ1) is 34.9. The number of rotatable bonds is 39. The number of carbonyl (C=O) groups excluding carboxylic acids is 6. The van der Waals surface area contributed by atoms with Gasteiger partial charge in [-0.05, 0) is 76.0 Å². The van der Waals surface area contributed by atoms with Crippen LogP contribution in [0.15, 0.2) is 0 Å². The molecule has 0 aliphatic carbocycles. The summed E-state index contributed by atoms with van der Waals surface area (Å²) in [5, 5.41) is 73.3. The molecule has 2 fully saturated rings. The number of hydrogen-bond donors (Lipinski definition) is 11. The lowest BCUT2D eigenvalue weighted by Gasteiger charge is -2.42. The molecule has 5 amide bonds. The molecule has 2 heterocycles. The van der Waals surface area contributed by atoms with Gasteiger partial charge in [0.1, 0.15) is 48.7 Å². The molecular weight excluding hydrogens is 959 g/mol. The van der Waals surface area contributed by atoms with Crippen molar-refractivity contribution in [2.45, 2.75) is 217 Å². The van der Waals surface area contributed by atoms with Crippen LogP contribution in [0.5, 0.6) is 0 Å². The molecule has 73 heavy (non-hydrogen) atoms. The maximum atomic E-state index is 12.4. The van der Waals surface area contributed by atoms with Gasteiger partial charge in [-0.1, -0.05) is 52.4 Å². The molecule has 0 aromatic rings. The summed E-state index contributed by atoms with van der Waals surface area (Å²) >= 11 is 0. The van der Waals surface area contributed by atoms with E-state index < -0.39 is 92.4 Å². The number of nitrogens with one attached hydrogen (secondary N) is 5. The molecule has 0 radical (unpaired) electrons. The van der Waals surface area contributed by atoms with Crippen LogP contribution in [0.3, 0.4) is 0 Å². The van der Waals surface area contributed by atoms with Gasteiger partial charge in [0.2, 0.25) is 23.6 Å². The van der Waals surface area contributed by atoms with E-state index in [1.165, 1.54) is 13.8 Å². The number of esters is 1. The number of unbranched alkanes of at least 4 members (excludes halogenated alkanes) is 7. The van der Waals surface area contributed by atoms with Crippen molar-refractivity contribution >= 4 is 35.7 Å². The first-order valence-electron chi connectivity index (χ1n) is 26.6. The lowest BCUT2D eigenvalue weighted by Crippen LogP contribution is -2.64. The van der Waals surface area contributed by atoms with Gasteiger partial charge in [-0.3, -0.25) is 24.0 Å². The highest BCUT2D eigenvalue weighted by molar-refractivity contribution is 5.76. The summed E-state index contributed by atoms with van der Waals surface area (Å²) in [5.74, 6) is -1.38. The Bertz CT molecular complexity index is 1480. The normalized spacial score (nSPS) is 24.7. The largest absolute Gasteiger partial charge is 0.466 e. The third-order valence-corrected chi connectivity index (χ3v) is 12.9. The highest BCUT2D eigenvalue weighted by Crippen LogP contribution is 2.34. The van der Waals surface area contributed by atoms with Crippen LogP contribution in [0.2, 0.25) is 0 Å². The monoisotopic (exact) mass is 1050 g/mol. The Morgan fingerprint density at radius 2 is 0.932 bits per heavy atom. The Labute approximate surface area is 431 Å². The van der Waals surface area contributed by atoms with Gasteiger partial charge in [-0.2, -0.15) is 0 Å². The summed E-state index contributed by atoms with van der Waals surface area (Å²) in [5.41, 5.74) is 0.0433. The van der Waals surface area contributed by atoms with Crippen molar-refractivity contribution in [3.05, 3.63) is 0 Å². The molecule has 11 N–H and O–H groups in total. The van der Waals surface area contributed by atoms with E-state index >= 15 is 0 Å². The lowest BCUT2D eigenvalue weighted by molar-refractivity contribution is -0.270. The van der Waals surface area contributed by atoms with E-state index in [-0.39, 0.29) is 49.3 Å². The Morgan fingerprint density at radius 1 is 0.507 bits per heavy atom. The number of hydrogen-bond acceptors (Lipinski definition) is 18. The standard InChI is InChI=1S/C50H91N5O18/c1-5-22-50(4,23-17-30-68-40(62)21-11-7-6-8-12-25-51-38(60)19-15-28-69-47-41(54-34(2)58)45(65)43(63)36(32-56)72-47)24-18-31-71-49(67)53-27-14-10-9-13-26-52-39(61)20-16-29-70-48-42(55-35(3)59)46(66)44(64)37(33-57)73-48/h36-37,41-48,56-57,63-66H,5-33H2,1-4H3,(H,51,60)(H,52,61)(H,53,67)(H,54,58)(H,55,59). The molecule has 424 valence electrons. The molecule has 0 aromatic carbocycles. The highest BCUT2D eigenvalue weighted by atomic mass is 16.7. The van der Waals surface area contributed by atoms with Crippen molar-refractivity contribution in [1.82, 2.24) is 26.6 Å². The van der Waals surface area contributed by atoms with Crippen LogP contribution in [0, 0.1) is 5.41 Å². The van der Waals surface area contributed by atoms with Crippen molar-refractivity contribution < 1.29 is 87.8 Å². The fraction of sp³-hybridized carbons (Fsp3) is 0.880. The summed E-state index contributed by atoms with van der Waals surface area (Å²) in [6.07, 6.45) is 3.91. The number of alkyl carbamates (subject to hydrolysis) is 1. The van der Waals surface area contributed by atoms with Crippen molar-refractivity contribution in [3.8, 4) is 0 Å². The van der Waals surface area contributed by atoms with E-state index in [4.69, 9.17) is 28.4 Å². The number of amides is 5. The van der Waals surface area contributed by atoms with Crippen LogP contribution in [-0.4, -0.2) is 187 Å². The van der Waals surface area contributed by atoms with Crippen LogP contribution in [0.1, 0.15) is 156 Å². The molecule has 11 atom stereocenters. The average Bonchev–Trinajstić information content (AvgIpc) is 3.35. The molecular formula is C50H91N5O18. The van der Waals surface area contributed by atoms with E-state index in [1.54, 1.807) is 0 Å². The molecule has 0 spiro atoms. The van der Waals surface area contributed by atoms with E-state index in [0.717, 1.165) is 96.3 Å². The predicted octanol–water partition coefficient (Wildman–Crippen LogP) is 1.24. The lowest BCUT2D eigenvalue weighted by atomic mass is 9.77. The second-order valence-corrected chi connectivity index (χ2v) is 19.5. The van der Waals surface area contributed by atoms with Gasteiger partial charge >= 0.3 is 12.1 Å². The third-order valence-electron chi connectivity index (χ3n) is 12.9. The van der Waals surface area contributed by atoms with Crippen LogP contribution in [-0.2, 0) is 52.4 Å². The van der Waals surface area contributed by atoms with Crippen LogP contribution in [0.25, 0.3) is 0 Å². The Morgan fingerprint density at radius 3 is 1.37 bits per heavy atom. The van der Waals surface area contributed by atoms with E-state index in [0.29, 0.717) is 52.1 Å². The fourth-order valence-corrected chi connectivity index (χ4v) is 8.89. The number of aliphatic hydroxyl groups is 6. The van der Waals surface area contributed by atoms with Crippen molar-refractivity contribution in [2.75, 3.05) is 59.3 Å². The Hall–Kier alpha value is -3.78. The molecule has 0 aromatic heterocycles. The fourth-order valence-electron chi connectivity index (χ4n) is 8.89. The Kier molecular flexibility index (Phi) is 33.9. The number of carbonyl (C=O) groups is 6. The van der Waals surface area contributed by atoms with Crippen molar-refractivity contribution in [3.63, 3.8) is 0 Å². The maximum absolute atomic E-state index is 12.4. The topological polar surface area (TPSA) is 339 Å². The molecule has 2 aliphatic rings. The van der Waals surface area contributed by atoms with Gasteiger partial charge in [0.25, 0.3) is 0 Å². The number of ether oxygens (including phenoxy) is 6. The summed E-state index contributed by atoms with van der Waals surface area (Å²) in [7, 11) is 0. The minimum atomic E-state index is -1.40. The molecule has 23 nitrogen and oxygen atoms in total. The quantitative estimate of drug-likeness (QED) is 0.0305. The summed E-state index contributed by atoms with van der Waals surface area (Å²) in [6, 6.07) is -2.07. The zero-order valence-electron chi connectivity index (χ0n) is 43.9. The molecule has 23 heteroatoms. The predicted molar refractivity (Wildman–Crippen MR) is 265 cm³/mol. The van der Waals surface area contributed by atoms with Crippen molar-refractivity contribution in [1.29, 1.82) is 0 Å². The smallest absolute Gasteiger partial charge is 0.407 e. The second-order valence-electron chi connectivity index (χ2n) is 19.5. The molecule has 2 aliphatic heterocycles. The van der Waals surface area contributed by atoms with E-state index in [2.05, 4.69) is 40.4 Å². The second kappa shape index (κ2) is 37.9. The summed E-state index contributed by atoms with van der Waals surface area (Å²) in [4.78, 5) is 72.3. The van der Waals surface area contributed by atoms with Crippen LogP contribution in [0.4, 0.5) is 4.79 Å². The summed E-state index contributed by atoms with van der Waals surface area (Å²) in [6.45, 7) is 8.20. The summed E-state index contributed by atoms with van der Waals surface area (Å²) < 4.78 is 33.3. The van der Waals surface area contributed by atoms with Gasteiger partial charge in [0, 0.05) is 52.7 Å². The first-order valence-corrected chi connectivity index (χ1v) is 26.6. The minimum absolute atomic E-state index is 0.0433. The maximum Gasteiger partial charge on any atom is 0.407 e. The van der Waals surface area contributed by atoms with Gasteiger partial charge in [0.05, 0.1) is 39.6 Å². The SMILES string of the molecule is CCCC(C)(CCCOC(=O)CCCCCCCNC(=O)CCCOC1OC(CO)C(O)C(O)C1NC(C)=O)CCCOC(=O)NCCCCCCNC(=O)CCCOC1OC(CO)C(O)C(O)C1NC(C)=O. The Balaban J connectivity index is 1.43. The van der Waals surface area contributed by atoms with E-state index in [1.807, 2.05) is 0 Å². The molecule has 2 rings (SSSR count). The van der Waals surface area contributed by atoms with Gasteiger partial charge in [0.15, 0.2) is 12.6 Å². The third kappa shape index (κ3) is 27.5. The van der Waals surface area contributed by atoms with Gasteiger partial charge in [-0.15, -0.1) is 0 Å². The van der Waals surface area contributed by atoms with Crippen molar-refractivity contribution in [2.24, 2.45) is 5.41 Å². The van der Waals surface area contributed by atoms with Crippen LogP contribution >= 0.6 is 0 Å². The zero-order valence-corrected chi connectivity index (χ0v) is 43.9. The average molecular weight is 1050 g/mol. The molecule has 0 bridgehead atoms. The first kappa shape index (κ1) is 65.3. The molecule has 11 unspecified atom stereocenters. The minimum Gasteiger partial charge on any atom is -0.466 e. The van der Waals surface area contributed by atoms with Gasteiger partial charge < -0.3 is 85.6 Å². The van der Waals surface area contributed by atoms with Crippen LogP contribution < -0.4 is 26.6 Å². The molecule has 0 saturated carbocycles. The molecule has 2 saturated heterocycles. The number of aliphatic hydroxyl groups excluding tert-OH is 6. The van der Waals surface area contributed by atoms with E-state index in [9.17, 15) is 59.4 Å².